The lowest BCUT2D eigenvalue weighted by Gasteiger charge is -2.14. The number of aromatic amines is 1. The number of likely N-dealkylation sites (tertiary alicyclic amines) is 1. The van der Waals surface area contributed by atoms with Crippen LogP contribution in [0.15, 0.2) is 6.07 Å². The number of aryl methyl sites for hydroxylation is 1. The summed E-state index contributed by atoms with van der Waals surface area (Å²) >= 11 is 0. The Morgan fingerprint density at radius 1 is 1.61 bits per heavy atom. The molecule has 2 rings (SSSR count). The third-order valence-corrected chi connectivity index (χ3v) is 3.29. The third kappa shape index (κ3) is 2.69. The van der Waals surface area contributed by atoms with Gasteiger partial charge in [-0.25, -0.2) is 0 Å². The number of hydrogen-bond donors (Lipinski definition) is 2. The van der Waals surface area contributed by atoms with E-state index in [0.29, 0.717) is 25.2 Å². The van der Waals surface area contributed by atoms with Crippen molar-refractivity contribution in [1.29, 1.82) is 0 Å². The Hall–Kier alpha value is -1.85. The molecular weight excluding hydrogens is 232 g/mol. The van der Waals surface area contributed by atoms with Crippen LogP contribution in [-0.4, -0.2) is 40.0 Å². The van der Waals surface area contributed by atoms with Crippen molar-refractivity contribution in [1.82, 2.24) is 15.1 Å². The van der Waals surface area contributed by atoms with Crippen LogP contribution in [0.1, 0.15) is 35.9 Å². The summed E-state index contributed by atoms with van der Waals surface area (Å²) in [7, 11) is 0. The number of nitrogens with two attached hydrogens (primary N) is 1. The average Bonchev–Trinajstić information content (AvgIpc) is 2.95. The first-order chi connectivity index (χ1) is 8.60. The molecule has 2 amide bonds. The van der Waals surface area contributed by atoms with Gasteiger partial charge in [0.15, 0.2) is 0 Å². The molecule has 1 aliphatic rings. The maximum atomic E-state index is 12.1. The van der Waals surface area contributed by atoms with Crippen LogP contribution in [0.25, 0.3) is 0 Å². The molecule has 1 unspecified atom stereocenters. The normalized spacial score (nSPS) is 19.2. The number of H-pyrrole nitrogens is 1. The molecule has 6 nitrogen and oxygen atoms in total. The smallest absolute Gasteiger partial charge is 0.274 e. The van der Waals surface area contributed by atoms with E-state index in [-0.39, 0.29) is 17.7 Å². The van der Waals surface area contributed by atoms with Gasteiger partial charge in [-0.1, -0.05) is 6.92 Å². The summed E-state index contributed by atoms with van der Waals surface area (Å²) in [4.78, 5) is 24.7. The number of nitrogens with zero attached hydrogens (tertiary/aromatic N) is 2. The van der Waals surface area contributed by atoms with Crippen LogP contribution in [0, 0.1) is 5.92 Å². The molecule has 1 aromatic heterocycles. The Labute approximate surface area is 106 Å². The molecule has 3 N–H and O–H groups in total. The minimum Gasteiger partial charge on any atom is -0.370 e. The van der Waals surface area contributed by atoms with E-state index in [1.165, 1.54) is 0 Å². The van der Waals surface area contributed by atoms with Crippen molar-refractivity contribution in [3.63, 3.8) is 0 Å². The van der Waals surface area contributed by atoms with Gasteiger partial charge in [-0.2, -0.15) is 5.10 Å². The maximum Gasteiger partial charge on any atom is 0.274 e. The van der Waals surface area contributed by atoms with Gasteiger partial charge >= 0.3 is 0 Å². The van der Waals surface area contributed by atoms with Crippen LogP contribution in [-0.2, 0) is 11.2 Å². The van der Waals surface area contributed by atoms with Gasteiger partial charge in [0.05, 0.1) is 0 Å². The molecule has 0 radical (unpaired) electrons. The summed E-state index contributed by atoms with van der Waals surface area (Å²) in [6.45, 7) is 3.27. The second-order valence-corrected chi connectivity index (χ2v) is 4.71. The number of primary amides is 1. The SMILES string of the molecule is CCc1cc(C(=O)N2CCC(CC(N)=O)C2)n[nH]1. The predicted molar refractivity (Wildman–Crippen MR) is 65.8 cm³/mol. The molecule has 0 aliphatic carbocycles. The second kappa shape index (κ2) is 5.20. The maximum absolute atomic E-state index is 12.1. The van der Waals surface area contributed by atoms with Crippen molar-refractivity contribution in [2.24, 2.45) is 11.7 Å². The van der Waals surface area contributed by atoms with Crippen LogP contribution < -0.4 is 5.73 Å². The lowest BCUT2D eigenvalue weighted by molar-refractivity contribution is -0.118. The molecule has 0 bridgehead atoms. The van der Waals surface area contributed by atoms with E-state index in [2.05, 4.69) is 10.2 Å². The molecule has 0 aromatic carbocycles. The van der Waals surface area contributed by atoms with Crippen molar-refractivity contribution in [2.75, 3.05) is 13.1 Å². The molecule has 1 aliphatic heterocycles. The molecular formula is C12H18N4O2. The van der Waals surface area contributed by atoms with Gasteiger partial charge in [0.2, 0.25) is 5.91 Å². The number of carbonyl (C=O) groups is 2. The van der Waals surface area contributed by atoms with E-state index < -0.39 is 0 Å². The van der Waals surface area contributed by atoms with E-state index >= 15 is 0 Å². The van der Waals surface area contributed by atoms with Gasteiger partial charge in [0, 0.05) is 25.2 Å². The molecule has 98 valence electrons. The first-order valence-corrected chi connectivity index (χ1v) is 6.22. The fraction of sp³-hybridized carbons (Fsp3) is 0.583. The molecule has 1 fully saturated rings. The van der Waals surface area contributed by atoms with E-state index in [0.717, 1.165) is 18.5 Å². The molecule has 0 spiro atoms. The highest BCUT2D eigenvalue weighted by molar-refractivity contribution is 5.92. The predicted octanol–water partition coefficient (Wildman–Crippen LogP) is 0.310. The summed E-state index contributed by atoms with van der Waals surface area (Å²) in [6, 6.07) is 1.78. The lowest BCUT2D eigenvalue weighted by Crippen LogP contribution is -2.29. The number of nitrogens with one attached hydrogen (secondary N) is 1. The minimum absolute atomic E-state index is 0.0714. The quantitative estimate of drug-likeness (QED) is 0.805. The molecule has 0 saturated carbocycles. The Morgan fingerprint density at radius 2 is 2.39 bits per heavy atom. The third-order valence-electron chi connectivity index (χ3n) is 3.29. The fourth-order valence-corrected chi connectivity index (χ4v) is 2.28. The summed E-state index contributed by atoms with van der Waals surface area (Å²) in [6.07, 6.45) is 2.01. The largest absolute Gasteiger partial charge is 0.370 e. The number of aromatic nitrogens is 2. The molecule has 1 aromatic rings. The highest BCUT2D eigenvalue weighted by atomic mass is 16.2. The van der Waals surface area contributed by atoms with Crippen molar-refractivity contribution in [3.8, 4) is 0 Å². The van der Waals surface area contributed by atoms with E-state index in [1.54, 1.807) is 11.0 Å². The zero-order chi connectivity index (χ0) is 13.1. The zero-order valence-electron chi connectivity index (χ0n) is 10.5. The summed E-state index contributed by atoms with van der Waals surface area (Å²) in [5.41, 5.74) is 6.57. The van der Waals surface area contributed by atoms with Gasteiger partial charge in [0.25, 0.3) is 5.91 Å². The molecule has 6 heteroatoms. The Bertz CT molecular complexity index is 455. The summed E-state index contributed by atoms with van der Waals surface area (Å²) < 4.78 is 0. The highest BCUT2D eigenvalue weighted by Crippen LogP contribution is 2.20. The van der Waals surface area contributed by atoms with Crippen LogP contribution in [0.3, 0.4) is 0 Å². The van der Waals surface area contributed by atoms with Gasteiger partial charge < -0.3 is 10.6 Å². The number of amides is 2. The van der Waals surface area contributed by atoms with Crippen molar-refractivity contribution in [2.45, 2.75) is 26.2 Å². The van der Waals surface area contributed by atoms with Crippen molar-refractivity contribution >= 4 is 11.8 Å². The van der Waals surface area contributed by atoms with Crippen molar-refractivity contribution in [3.05, 3.63) is 17.5 Å². The lowest BCUT2D eigenvalue weighted by atomic mass is 10.1. The Kier molecular flexibility index (Phi) is 3.64. The van der Waals surface area contributed by atoms with E-state index in [4.69, 9.17) is 5.73 Å². The molecule has 1 saturated heterocycles. The van der Waals surface area contributed by atoms with Gasteiger partial charge in [0.1, 0.15) is 5.69 Å². The monoisotopic (exact) mass is 250 g/mol. The van der Waals surface area contributed by atoms with Crippen molar-refractivity contribution < 1.29 is 9.59 Å². The number of carbonyl (C=O) groups excluding carboxylic acids is 2. The van der Waals surface area contributed by atoms with Gasteiger partial charge in [-0.15, -0.1) is 0 Å². The van der Waals surface area contributed by atoms with Crippen LogP contribution >= 0.6 is 0 Å². The van der Waals surface area contributed by atoms with E-state index in [9.17, 15) is 9.59 Å². The standard InChI is InChI=1S/C12H18N4O2/c1-2-9-6-10(15-14-9)12(18)16-4-3-8(7-16)5-11(13)17/h6,8H,2-5,7H2,1H3,(H2,13,17)(H,14,15). The topological polar surface area (TPSA) is 92.1 Å². The Balaban J connectivity index is 1.96. The summed E-state index contributed by atoms with van der Waals surface area (Å²) in [5.74, 6) is -0.184. The molecule has 1 atom stereocenters. The Morgan fingerprint density at radius 3 is 3.00 bits per heavy atom. The molecule has 18 heavy (non-hydrogen) atoms. The van der Waals surface area contributed by atoms with Crippen LogP contribution in [0.5, 0.6) is 0 Å². The highest BCUT2D eigenvalue weighted by Gasteiger charge is 2.28. The zero-order valence-corrected chi connectivity index (χ0v) is 10.5. The van der Waals surface area contributed by atoms with Crippen LogP contribution in [0.2, 0.25) is 0 Å². The van der Waals surface area contributed by atoms with Gasteiger partial charge in [-0.3, -0.25) is 14.7 Å². The fourth-order valence-electron chi connectivity index (χ4n) is 2.28. The van der Waals surface area contributed by atoms with E-state index in [1.807, 2.05) is 6.92 Å². The average molecular weight is 250 g/mol. The number of hydrogen-bond acceptors (Lipinski definition) is 3. The second-order valence-electron chi connectivity index (χ2n) is 4.71. The minimum atomic E-state index is -0.303. The van der Waals surface area contributed by atoms with Crippen LogP contribution in [0.4, 0.5) is 0 Å². The first-order valence-electron chi connectivity index (χ1n) is 6.22. The molecule has 2 heterocycles. The first kappa shape index (κ1) is 12.6. The van der Waals surface area contributed by atoms with Gasteiger partial charge in [-0.05, 0) is 24.8 Å². The number of rotatable bonds is 4. The summed E-state index contributed by atoms with van der Waals surface area (Å²) in [5, 5.41) is 6.84.